The van der Waals surface area contributed by atoms with Crippen molar-refractivity contribution in [3.63, 3.8) is 0 Å². The molecule has 0 spiro atoms. The normalized spacial score (nSPS) is 11.9. The van der Waals surface area contributed by atoms with Crippen molar-refractivity contribution in [1.82, 2.24) is 35.1 Å². The van der Waals surface area contributed by atoms with E-state index in [4.69, 9.17) is 4.98 Å². The number of nitrogens with zero attached hydrogens (tertiary/aromatic N) is 6. The summed E-state index contributed by atoms with van der Waals surface area (Å²) in [7, 11) is 0. The molecule has 1 aromatic carbocycles. The Morgan fingerprint density at radius 2 is 1.70 bits per heavy atom. The molecule has 0 saturated carbocycles. The minimum atomic E-state index is -0.107. The van der Waals surface area contributed by atoms with E-state index in [1.165, 1.54) is 18.2 Å². The maximum Gasteiger partial charge on any atom is 0.223 e. The molecular weight excluding hydrogens is 340 g/mol. The maximum absolute atomic E-state index is 4.76. The number of hydrogen-bond acceptors (Lipinski definition) is 7. The minimum absolute atomic E-state index is 0.107. The lowest BCUT2D eigenvalue weighted by atomic mass is 10.0. The quantitative estimate of drug-likeness (QED) is 0.564. The van der Waals surface area contributed by atoms with Gasteiger partial charge in [-0.1, -0.05) is 29.8 Å². The molecule has 27 heavy (non-hydrogen) atoms. The first-order valence-corrected chi connectivity index (χ1v) is 8.52. The van der Waals surface area contributed by atoms with Crippen LogP contribution in [0.2, 0.25) is 0 Å². The van der Waals surface area contributed by atoms with Gasteiger partial charge in [0.15, 0.2) is 0 Å². The van der Waals surface area contributed by atoms with Crippen molar-refractivity contribution >= 4 is 5.95 Å². The summed E-state index contributed by atoms with van der Waals surface area (Å²) in [6, 6.07) is 8.12. The molecule has 3 aromatic heterocycles. The number of nitrogens with one attached hydrogen (secondary N) is 2. The first-order valence-electron chi connectivity index (χ1n) is 8.52. The molecule has 8 nitrogen and oxygen atoms in total. The van der Waals surface area contributed by atoms with Crippen molar-refractivity contribution in [3.05, 3.63) is 66.9 Å². The van der Waals surface area contributed by atoms with Gasteiger partial charge in [-0.3, -0.25) is 5.10 Å². The van der Waals surface area contributed by atoms with E-state index in [1.54, 1.807) is 18.6 Å². The Balaban J connectivity index is 1.75. The highest BCUT2D eigenvalue weighted by Gasteiger charge is 2.15. The van der Waals surface area contributed by atoms with Gasteiger partial charge < -0.3 is 5.32 Å². The molecule has 0 bridgehead atoms. The van der Waals surface area contributed by atoms with Gasteiger partial charge in [-0.25, -0.2) is 24.9 Å². The highest BCUT2D eigenvalue weighted by molar-refractivity contribution is 5.80. The van der Waals surface area contributed by atoms with Gasteiger partial charge in [0.1, 0.15) is 18.5 Å². The smallest absolute Gasteiger partial charge is 0.223 e. The summed E-state index contributed by atoms with van der Waals surface area (Å²) in [5, 5.41) is 9.99. The zero-order valence-electron chi connectivity index (χ0n) is 15.0. The van der Waals surface area contributed by atoms with Crippen LogP contribution in [0.1, 0.15) is 24.4 Å². The van der Waals surface area contributed by atoms with Crippen LogP contribution in [0.25, 0.3) is 22.4 Å². The number of aromatic amines is 1. The van der Waals surface area contributed by atoms with E-state index in [-0.39, 0.29) is 6.04 Å². The fourth-order valence-electron chi connectivity index (χ4n) is 2.72. The Hall–Kier alpha value is -3.68. The van der Waals surface area contributed by atoms with Gasteiger partial charge in [-0.2, -0.15) is 5.10 Å². The highest BCUT2D eigenvalue weighted by atomic mass is 15.2. The summed E-state index contributed by atoms with van der Waals surface area (Å²) in [4.78, 5) is 21.6. The zero-order valence-corrected chi connectivity index (χ0v) is 15.0. The van der Waals surface area contributed by atoms with Gasteiger partial charge in [0.2, 0.25) is 5.95 Å². The third kappa shape index (κ3) is 3.64. The molecule has 1 atom stereocenters. The molecule has 4 rings (SSSR count). The van der Waals surface area contributed by atoms with E-state index in [0.717, 1.165) is 28.2 Å². The average Bonchev–Trinajstić information content (AvgIpc) is 3.24. The van der Waals surface area contributed by atoms with E-state index >= 15 is 0 Å². The standard InChI is InChI=1S/C19H18N8/c1-12-3-5-14(6-4-12)17-16(15-7-20-10-21-8-15)9-22-19(26-17)25-13(2)18-23-11-24-27-18/h3-11,13H,1-2H3,(H,22,25,26)(H,23,24,27). The number of anilines is 1. The van der Waals surface area contributed by atoms with Crippen molar-refractivity contribution in [1.29, 1.82) is 0 Å². The van der Waals surface area contributed by atoms with Crippen LogP contribution in [0.5, 0.6) is 0 Å². The van der Waals surface area contributed by atoms with Crippen LogP contribution in [-0.4, -0.2) is 35.1 Å². The zero-order chi connectivity index (χ0) is 18.6. The van der Waals surface area contributed by atoms with E-state index < -0.39 is 0 Å². The molecule has 134 valence electrons. The van der Waals surface area contributed by atoms with Gasteiger partial charge >= 0.3 is 0 Å². The van der Waals surface area contributed by atoms with Crippen LogP contribution in [-0.2, 0) is 0 Å². The second-order valence-electron chi connectivity index (χ2n) is 6.19. The van der Waals surface area contributed by atoms with Crippen LogP contribution >= 0.6 is 0 Å². The lowest BCUT2D eigenvalue weighted by molar-refractivity contribution is 0.783. The Morgan fingerprint density at radius 3 is 2.41 bits per heavy atom. The van der Waals surface area contributed by atoms with Crippen LogP contribution in [0.15, 0.2) is 55.5 Å². The third-order valence-corrected chi connectivity index (χ3v) is 4.17. The van der Waals surface area contributed by atoms with Crippen molar-refractivity contribution in [2.24, 2.45) is 0 Å². The largest absolute Gasteiger partial charge is 0.344 e. The molecule has 0 fully saturated rings. The van der Waals surface area contributed by atoms with Crippen LogP contribution in [0.4, 0.5) is 5.95 Å². The number of hydrogen-bond donors (Lipinski definition) is 2. The molecule has 1 unspecified atom stereocenters. The van der Waals surface area contributed by atoms with Gasteiger partial charge in [0, 0.05) is 35.3 Å². The summed E-state index contributed by atoms with van der Waals surface area (Å²) in [5.41, 5.74) is 4.74. The fourth-order valence-corrected chi connectivity index (χ4v) is 2.72. The molecular formula is C19H18N8. The predicted octanol–water partition coefficient (Wildman–Crippen LogP) is 3.20. The Labute approximate surface area is 156 Å². The van der Waals surface area contributed by atoms with Crippen LogP contribution in [0, 0.1) is 6.92 Å². The average molecular weight is 358 g/mol. The number of rotatable bonds is 5. The molecule has 8 heteroatoms. The summed E-state index contributed by atoms with van der Waals surface area (Å²) in [6.45, 7) is 4.02. The van der Waals surface area contributed by atoms with Crippen molar-refractivity contribution in [2.45, 2.75) is 19.9 Å². The van der Waals surface area contributed by atoms with Gasteiger partial charge in [-0.05, 0) is 13.8 Å². The Kier molecular flexibility index (Phi) is 4.52. The number of H-pyrrole nitrogens is 1. The second-order valence-corrected chi connectivity index (χ2v) is 6.19. The van der Waals surface area contributed by atoms with E-state index in [9.17, 15) is 0 Å². The van der Waals surface area contributed by atoms with Crippen molar-refractivity contribution in [3.8, 4) is 22.4 Å². The molecule has 4 aromatic rings. The molecule has 0 aliphatic rings. The SMILES string of the molecule is Cc1ccc(-c2nc(NC(C)c3ncn[nH]3)ncc2-c2cncnc2)cc1. The Bertz CT molecular complexity index is 1010. The molecule has 0 aliphatic carbocycles. The topological polar surface area (TPSA) is 105 Å². The lowest BCUT2D eigenvalue weighted by Gasteiger charge is -2.14. The summed E-state index contributed by atoms with van der Waals surface area (Å²) in [6.07, 6.45) is 8.28. The minimum Gasteiger partial charge on any atom is -0.344 e. The number of aromatic nitrogens is 7. The number of benzene rings is 1. The van der Waals surface area contributed by atoms with Gasteiger partial charge in [0.25, 0.3) is 0 Å². The molecule has 0 saturated heterocycles. The van der Waals surface area contributed by atoms with Crippen LogP contribution < -0.4 is 5.32 Å². The monoisotopic (exact) mass is 358 g/mol. The summed E-state index contributed by atoms with van der Waals surface area (Å²) in [5.74, 6) is 1.23. The van der Waals surface area contributed by atoms with E-state index in [1.807, 2.05) is 6.92 Å². The van der Waals surface area contributed by atoms with Gasteiger partial charge in [0.05, 0.1) is 11.7 Å². The predicted molar refractivity (Wildman–Crippen MR) is 102 cm³/mol. The third-order valence-electron chi connectivity index (χ3n) is 4.17. The first-order chi connectivity index (χ1) is 13.2. The molecule has 3 heterocycles. The summed E-state index contributed by atoms with van der Waals surface area (Å²) < 4.78 is 0. The second kappa shape index (κ2) is 7.28. The van der Waals surface area contributed by atoms with E-state index in [2.05, 4.69) is 66.6 Å². The molecule has 0 radical (unpaired) electrons. The molecule has 0 amide bonds. The van der Waals surface area contributed by atoms with Crippen molar-refractivity contribution in [2.75, 3.05) is 5.32 Å². The van der Waals surface area contributed by atoms with Crippen LogP contribution in [0.3, 0.4) is 0 Å². The summed E-state index contributed by atoms with van der Waals surface area (Å²) >= 11 is 0. The van der Waals surface area contributed by atoms with Gasteiger partial charge in [-0.15, -0.1) is 0 Å². The fraction of sp³-hybridized carbons (Fsp3) is 0.158. The number of aryl methyl sites for hydroxylation is 1. The Morgan fingerprint density at radius 1 is 0.926 bits per heavy atom. The lowest BCUT2D eigenvalue weighted by Crippen LogP contribution is -2.11. The molecule has 2 N–H and O–H groups in total. The van der Waals surface area contributed by atoms with E-state index in [0.29, 0.717) is 5.95 Å². The molecule has 0 aliphatic heterocycles. The van der Waals surface area contributed by atoms with Crippen molar-refractivity contribution < 1.29 is 0 Å². The highest BCUT2D eigenvalue weighted by Crippen LogP contribution is 2.30. The maximum atomic E-state index is 4.76. The first kappa shape index (κ1) is 16.8.